The molecule has 0 saturated heterocycles. The van der Waals surface area contributed by atoms with Crippen LogP contribution in [-0.4, -0.2) is 0 Å². The van der Waals surface area contributed by atoms with Crippen LogP contribution in [0.5, 0.6) is 0 Å². The first kappa shape index (κ1) is 15.2. The Morgan fingerprint density at radius 1 is 0.846 bits per heavy atom. The molecule has 0 aromatic heterocycles. The Hall–Kier alpha value is -3.12. The minimum absolute atomic E-state index is 0.312. The third kappa shape index (κ3) is 1.55. The van der Waals surface area contributed by atoms with Gasteiger partial charge in [0.15, 0.2) is 0 Å². The summed E-state index contributed by atoms with van der Waals surface area (Å²) in [4.78, 5) is 0. The first-order chi connectivity index (χ1) is 12.7. The summed E-state index contributed by atoms with van der Waals surface area (Å²) in [5.41, 5.74) is 11.1. The van der Waals surface area contributed by atoms with Gasteiger partial charge in [-0.1, -0.05) is 92.6 Å². The van der Waals surface area contributed by atoms with Gasteiger partial charge in [0.25, 0.3) is 0 Å². The Balaban J connectivity index is 2.02. The van der Waals surface area contributed by atoms with Crippen LogP contribution in [0.3, 0.4) is 0 Å². The van der Waals surface area contributed by atoms with Gasteiger partial charge in [0.1, 0.15) is 0 Å². The number of hydrogen-bond donors (Lipinski definition) is 0. The molecule has 3 aliphatic rings. The second-order valence-corrected chi connectivity index (χ2v) is 7.08. The summed E-state index contributed by atoms with van der Waals surface area (Å²) < 4.78 is 0. The first-order valence-electron chi connectivity index (χ1n) is 9.04. The largest absolute Gasteiger partial charge is 0.0987 e. The van der Waals surface area contributed by atoms with Gasteiger partial charge in [-0.25, -0.2) is 0 Å². The molecule has 0 bridgehead atoms. The molecule has 0 amide bonds. The van der Waals surface area contributed by atoms with Crippen molar-refractivity contribution in [3.63, 3.8) is 0 Å². The third-order valence-corrected chi connectivity index (χ3v) is 6.00. The van der Waals surface area contributed by atoms with E-state index in [9.17, 15) is 0 Å². The van der Waals surface area contributed by atoms with Crippen molar-refractivity contribution in [3.05, 3.63) is 132 Å². The average Bonchev–Trinajstić information content (AvgIpc) is 3.14. The molecule has 26 heavy (non-hydrogen) atoms. The van der Waals surface area contributed by atoms with Crippen molar-refractivity contribution in [3.8, 4) is 0 Å². The van der Waals surface area contributed by atoms with Crippen molar-refractivity contribution < 1.29 is 0 Å². The predicted molar refractivity (Wildman–Crippen MR) is 111 cm³/mol. The van der Waals surface area contributed by atoms with E-state index in [1.165, 1.54) is 50.1 Å². The van der Waals surface area contributed by atoms with E-state index in [1.54, 1.807) is 0 Å². The quantitative estimate of drug-likeness (QED) is 0.597. The van der Waals surface area contributed by atoms with E-state index in [1.807, 2.05) is 12.2 Å². The lowest BCUT2D eigenvalue weighted by molar-refractivity contribution is 0.777. The van der Waals surface area contributed by atoms with E-state index in [0.29, 0.717) is 0 Å². The zero-order chi connectivity index (χ0) is 17.9. The van der Waals surface area contributed by atoms with Crippen molar-refractivity contribution in [1.82, 2.24) is 0 Å². The van der Waals surface area contributed by atoms with Gasteiger partial charge in [-0.3, -0.25) is 0 Å². The number of fused-ring (bicyclic) bond motifs is 6. The fourth-order valence-electron chi connectivity index (χ4n) is 5.12. The molecule has 0 radical (unpaired) electrons. The van der Waals surface area contributed by atoms with Gasteiger partial charge in [-0.15, -0.1) is 0 Å². The van der Waals surface area contributed by atoms with Gasteiger partial charge < -0.3 is 0 Å². The van der Waals surface area contributed by atoms with Crippen molar-refractivity contribution in [2.45, 2.75) is 11.8 Å². The molecular formula is C26H20. The standard InChI is InChI=1S/C26H20/c1-4-18-19-12-6-8-14-22(19)26(21(18)5-2)23-15-9-7-13-20(23)25-17(3)11-10-16-24(25)26/h4-10,12-16H,1-3,11H2. The number of benzene rings is 2. The predicted octanol–water partition coefficient (Wildman–Crippen LogP) is 6.40. The lowest BCUT2D eigenvalue weighted by Crippen LogP contribution is -2.27. The van der Waals surface area contributed by atoms with Gasteiger partial charge in [0.2, 0.25) is 0 Å². The van der Waals surface area contributed by atoms with Crippen LogP contribution in [0.15, 0.2) is 109 Å². The fourth-order valence-corrected chi connectivity index (χ4v) is 5.12. The monoisotopic (exact) mass is 332 g/mol. The maximum absolute atomic E-state index is 4.39. The lowest BCUT2D eigenvalue weighted by atomic mass is 9.68. The SMILES string of the molecule is C=CC1=C(C=C)C2(C3=C(C(=C)CC=C3)c3ccccc32)c2ccccc21. The summed E-state index contributed by atoms with van der Waals surface area (Å²) in [5, 5.41) is 0. The minimum Gasteiger partial charge on any atom is -0.0987 e. The van der Waals surface area contributed by atoms with Crippen LogP contribution in [0.4, 0.5) is 0 Å². The maximum atomic E-state index is 4.39. The van der Waals surface area contributed by atoms with Gasteiger partial charge in [0.05, 0.1) is 5.41 Å². The highest BCUT2D eigenvalue weighted by Crippen LogP contribution is 2.63. The van der Waals surface area contributed by atoms with Gasteiger partial charge in [0, 0.05) is 0 Å². The summed E-state index contributed by atoms with van der Waals surface area (Å²) in [6.45, 7) is 12.7. The normalized spacial score (nSPS) is 22.5. The highest BCUT2D eigenvalue weighted by Gasteiger charge is 2.52. The molecule has 2 aromatic carbocycles. The first-order valence-corrected chi connectivity index (χ1v) is 9.04. The summed E-state index contributed by atoms with van der Waals surface area (Å²) in [5.74, 6) is 0. The molecule has 0 heteroatoms. The van der Waals surface area contributed by atoms with Crippen LogP contribution < -0.4 is 0 Å². The highest BCUT2D eigenvalue weighted by atomic mass is 14.5. The molecule has 5 rings (SSSR count). The van der Waals surface area contributed by atoms with Crippen molar-refractivity contribution >= 4 is 11.1 Å². The zero-order valence-electron chi connectivity index (χ0n) is 14.8. The highest BCUT2D eigenvalue weighted by molar-refractivity contribution is 6.01. The van der Waals surface area contributed by atoms with Gasteiger partial charge in [-0.05, 0) is 56.5 Å². The van der Waals surface area contributed by atoms with E-state index >= 15 is 0 Å². The summed E-state index contributed by atoms with van der Waals surface area (Å²) in [6, 6.07) is 17.5. The van der Waals surface area contributed by atoms with Crippen LogP contribution >= 0.6 is 0 Å². The van der Waals surface area contributed by atoms with E-state index in [-0.39, 0.29) is 5.41 Å². The number of rotatable bonds is 2. The molecule has 0 heterocycles. The minimum atomic E-state index is -0.312. The molecule has 1 spiro atoms. The molecule has 1 unspecified atom stereocenters. The Morgan fingerprint density at radius 2 is 1.50 bits per heavy atom. The molecule has 0 N–H and O–H groups in total. The van der Waals surface area contributed by atoms with E-state index in [0.717, 1.165) is 6.42 Å². The Kier molecular flexibility index (Phi) is 3.02. The Labute approximate surface area is 154 Å². The van der Waals surface area contributed by atoms with Crippen LogP contribution in [-0.2, 0) is 5.41 Å². The van der Waals surface area contributed by atoms with Crippen molar-refractivity contribution in [2.75, 3.05) is 0 Å². The molecule has 0 aliphatic heterocycles. The second-order valence-electron chi connectivity index (χ2n) is 7.08. The second kappa shape index (κ2) is 5.19. The summed E-state index contributed by atoms with van der Waals surface area (Å²) >= 11 is 0. The van der Waals surface area contributed by atoms with Gasteiger partial charge in [-0.2, -0.15) is 0 Å². The summed E-state index contributed by atoms with van der Waals surface area (Å²) in [7, 11) is 0. The van der Waals surface area contributed by atoms with E-state index < -0.39 is 0 Å². The van der Waals surface area contributed by atoms with E-state index in [4.69, 9.17) is 0 Å². The van der Waals surface area contributed by atoms with Gasteiger partial charge >= 0.3 is 0 Å². The van der Waals surface area contributed by atoms with E-state index in [2.05, 4.69) is 80.4 Å². The molecule has 0 nitrogen and oxygen atoms in total. The maximum Gasteiger partial charge on any atom is 0.0725 e. The van der Waals surface area contributed by atoms with Crippen molar-refractivity contribution in [1.29, 1.82) is 0 Å². The number of hydrogen-bond acceptors (Lipinski definition) is 0. The fraction of sp³-hybridized carbons (Fsp3) is 0.0769. The summed E-state index contributed by atoms with van der Waals surface area (Å²) in [6.07, 6.45) is 9.45. The molecule has 0 saturated carbocycles. The molecule has 3 aliphatic carbocycles. The number of allylic oxidation sites excluding steroid dienone is 9. The molecule has 2 aromatic rings. The average molecular weight is 332 g/mol. The van der Waals surface area contributed by atoms with Crippen LogP contribution in [0.25, 0.3) is 11.1 Å². The molecular weight excluding hydrogens is 312 g/mol. The van der Waals surface area contributed by atoms with Crippen molar-refractivity contribution in [2.24, 2.45) is 0 Å². The Morgan fingerprint density at radius 3 is 2.19 bits per heavy atom. The molecule has 124 valence electrons. The third-order valence-electron chi connectivity index (χ3n) is 6.00. The molecule has 1 atom stereocenters. The lowest BCUT2D eigenvalue weighted by Gasteiger charge is -2.33. The van der Waals surface area contributed by atoms with Crippen LogP contribution in [0.2, 0.25) is 0 Å². The topological polar surface area (TPSA) is 0 Å². The zero-order valence-corrected chi connectivity index (χ0v) is 14.8. The smallest absolute Gasteiger partial charge is 0.0725 e. The molecule has 0 fully saturated rings. The van der Waals surface area contributed by atoms with Crippen LogP contribution in [0.1, 0.15) is 28.7 Å². The van der Waals surface area contributed by atoms with Crippen LogP contribution in [0, 0.1) is 0 Å². The Bertz CT molecular complexity index is 1100.